The molecule has 0 aliphatic heterocycles. The highest BCUT2D eigenvalue weighted by atomic mass is 16.5. The number of hydrogen-bond acceptors (Lipinski definition) is 5. The van der Waals surface area contributed by atoms with E-state index < -0.39 is 5.60 Å². The van der Waals surface area contributed by atoms with Gasteiger partial charge in [-0.25, -0.2) is 9.97 Å². The molecular formula is C16H20N4O3. The zero-order chi connectivity index (χ0) is 16.4. The number of carbonyl (C=O) groups excluding carboxylic acids is 1. The number of amides is 1. The predicted molar refractivity (Wildman–Crippen MR) is 85.9 cm³/mol. The van der Waals surface area contributed by atoms with Crippen LogP contribution in [0, 0.1) is 0 Å². The molecule has 3 N–H and O–H groups in total. The van der Waals surface area contributed by atoms with Crippen LogP contribution in [0.15, 0.2) is 18.6 Å². The topological polar surface area (TPSA) is 100 Å². The SMILES string of the molecule is CC(C)(O)COc1ncnc2[nH]cc(C=CC(=O)NC3CC3)c12. The Bertz CT molecular complexity index is 741. The van der Waals surface area contributed by atoms with E-state index in [-0.39, 0.29) is 12.5 Å². The molecule has 1 saturated carbocycles. The van der Waals surface area contributed by atoms with Crippen LogP contribution in [0.1, 0.15) is 32.3 Å². The molecule has 1 aliphatic carbocycles. The van der Waals surface area contributed by atoms with Crippen molar-refractivity contribution in [1.29, 1.82) is 0 Å². The Kier molecular flexibility index (Phi) is 4.04. The average molecular weight is 316 g/mol. The van der Waals surface area contributed by atoms with Crippen LogP contribution in [0.25, 0.3) is 17.1 Å². The fourth-order valence-electron chi connectivity index (χ4n) is 2.09. The smallest absolute Gasteiger partial charge is 0.244 e. The Morgan fingerprint density at radius 1 is 1.52 bits per heavy atom. The Hall–Kier alpha value is -2.41. The number of nitrogens with zero attached hydrogens (tertiary/aromatic N) is 2. The molecule has 1 amide bonds. The summed E-state index contributed by atoms with van der Waals surface area (Å²) in [5.41, 5.74) is 0.415. The zero-order valence-electron chi connectivity index (χ0n) is 13.2. The van der Waals surface area contributed by atoms with Gasteiger partial charge in [0.05, 0.1) is 11.0 Å². The van der Waals surface area contributed by atoms with E-state index in [0.717, 1.165) is 18.4 Å². The predicted octanol–water partition coefficient (Wildman–Crippen LogP) is 1.40. The van der Waals surface area contributed by atoms with E-state index in [0.29, 0.717) is 23.0 Å². The van der Waals surface area contributed by atoms with Gasteiger partial charge in [-0.3, -0.25) is 4.79 Å². The van der Waals surface area contributed by atoms with Crippen molar-refractivity contribution in [3.63, 3.8) is 0 Å². The maximum atomic E-state index is 11.8. The van der Waals surface area contributed by atoms with Crippen LogP contribution in [0.5, 0.6) is 5.88 Å². The molecule has 2 heterocycles. The van der Waals surface area contributed by atoms with Gasteiger partial charge in [-0.05, 0) is 32.8 Å². The molecule has 1 aliphatic rings. The Morgan fingerprint density at radius 2 is 2.30 bits per heavy atom. The third kappa shape index (κ3) is 4.07. The highest BCUT2D eigenvalue weighted by Crippen LogP contribution is 2.26. The largest absolute Gasteiger partial charge is 0.474 e. The van der Waals surface area contributed by atoms with Crippen LogP contribution in [0.4, 0.5) is 0 Å². The summed E-state index contributed by atoms with van der Waals surface area (Å²) in [6, 6.07) is 0.323. The summed E-state index contributed by atoms with van der Waals surface area (Å²) in [5, 5.41) is 13.4. The van der Waals surface area contributed by atoms with E-state index >= 15 is 0 Å². The lowest BCUT2D eigenvalue weighted by Crippen LogP contribution is -2.28. The molecule has 0 aromatic carbocycles. The fraction of sp³-hybridized carbons (Fsp3) is 0.438. The van der Waals surface area contributed by atoms with Crippen LogP contribution in [-0.4, -0.2) is 44.2 Å². The number of aliphatic hydroxyl groups is 1. The molecule has 0 bridgehead atoms. The monoisotopic (exact) mass is 316 g/mol. The molecular weight excluding hydrogens is 296 g/mol. The quantitative estimate of drug-likeness (QED) is 0.699. The van der Waals surface area contributed by atoms with E-state index in [2.05, 4.69) is 20.3 Å². The van der Waals surface area contributed by atoms with Gasteiger partial charge in [-0.15, -0.1) is 0 Å². The number of hydrogen-bond donors (Lipinski definition) is 3. The minimum Gasteiger partial charge on any atom is -0.474 e. The maximum absolute atomic E-state index is 11.8. The molecule has 122 valence electrons. The summed E-state index contributed by atoms with van der Waals surface area (Å²) >= 11 is 0. The third-order valence-electron chi connectivity index (χ3n) is 3.37. The van der Waals surface area contributed by atoms with E-state index in [1.807, 2.05) is 0 Å². The Labute approximate surface area is 133 Å². The minimum atomic E-state index is -0.965. The van der Waals surface area contributed by atoms with Crippen molar-refractivity contribution in [2.45, 2.75) is 38.3 Å². The zero-order valence-corrected chi connectivity index (χ0v) is 13.2. The molecule has 23 heavy (non-hydrogen) atoms. The lowest BCUT2D eigenvalue weighted by molar-refractivity contribution is -0.116. The molecule has 7 nitrogen and oxygen atoms in total. The molecule has 0 radical (unpaired) electrons. The van der Waals surface area contributed by atoms with Gasteiger partial charge < -0.3 is 20.1 Å². The van der Waals surface area contributed by atoms with Gasteiger partial charge in [-0.1, -0.05) is 0 Å². The van der Waals surface area contributed by atoms with Crippen LogP contribution < -0.4 is 10.1 Å². The first kappa shape index (κ1) is 15.5. The molecule has 0 unspecified atom stereocenters. The lowest BCUT2D eigenvalue weighted by Gasteiger charge is -2.17. The second-order valence-corrected chi connectivity index (χ2v) is 6.36. The van der Waals surface area contributed by atoms with Crippen LogP contribution in [0.2, 0.25) is 0 Å². The van der Waals surface area contributed by atoms with Crippen molar-refractivity contribution in [2.24, 2.45) is 0 Å². The number of ether oxygens (including phenoxy) is 1. The van der Waals surface area contributed by atoms with Gasteiger partial charge in [-0.2, -0.15) is 0 Å². The standard InChI is InChI=1S/C16H20N4O3/c1-16(2,22)8-23-15-13-10(7-17-14(13)18-9-19-15)3-6-12(21)20-11-4-5-11/h3,6-7,9,11,22H,4-5,8H2,1-2H3,(H,20,21)(H,17,18,19). The summed E-state index contributed by atoms with van der Waals surface area (Å²) in [4.78, 5) is 23.1. The van der Waals surface area contributed by atoms with Crippen molar-refractivity contribution in [2.75, 3.05) is 6.61 Å². The molecule has 3 rings (SSSR count). The first-order valence-electron chi connectivity index (χ1n) is 7.58. The number of nitrogens with one attached hydrogen (secondary N) is 2. The fourth-order valence-corrected chi connectivity index (χ4v) is 2.09. The number of fused-ring (bicyclic) bond motifs is 1. The summed E-state index contributed by atoms with van der Waals surface area (Å²) in [6.45, 7) is 3.42. The van der Waals surface area contributed by atoms with Gasteiger partial charge in [0, 0.05) is 23.9 Å². The summed E-state index contributed by atoms with van der Waals surface area (Å²) in [5.74, 6) is 0.262. The molecule has 0 saturated heterocycles. The van der Waals surface area contributed by atoms with Crippen molar-refractivity contribution in [3.05, 3.63) is 24.2 Å². The Morgan fingerprint density at radius 3 is 3.00 bits per heavy atom. The second kappa shape index (κ2) is 6.00. The maximum Gasteiger partial charge on any atom is 0.244 e. The molecule has 0 spiro atoms. The van der Waals surface area contributed by atoms with Crippen LogP contribution >= 0.6 is 0 Å². The molecule has 2 aromatic heterocycles. The number of aromatic nitrogens is 3. The first-order valence-corrected chi connectivity index (χ1v) is 7.58. The van der Waals surface area contributed by atoms with Gasteiger partial charge in [0.15, 0.2) is 0 Å². The highest BCUT2D eigenvalue weighted by Gasteiger charge is 2.22. The van der Waals surface area contributed by atoms with E-state index in [4.69, 9.17) is 4.74 Å². The first-order chi connectivity index (χ1) is 10.9. The number of rotatable bonds is 6. The minimum absolute atomic E-state index is 0.107. The summed E-state index contributed by atoms with van der Waals surface area (Å²) < 4.78 is 5.61. The molecule has 7 heteroatoms. The van der Waals surface area contributed by atoms with Crippen molar-refractivity contribution in [3.8, 4) is 5.88 Å². The molecule has 1 fully saturated rings. The average Bonchev–Trinajstić information content (AvgIpc) is 3.19. The van der Waals surface area contributed by atoms with Gasteiger partial charge >= 0.3 is 0 Å². The summed E-state index contributed by atoms with van der Waals surface area (Å²) in [7, 11) is 0. The van der Waals surface area contributed by atoms with E-state index in [1.165, 1.54) is 12.4 Å². The van der Waals surface area contributed by atoms with Crippen molar-refractivity contribution < 1.29 is 14.6 Å². The number of aromatic amines is 1. The van der Waals surface area contributed by atoms with Gasteiger partial charge in [0.2, 0.25) is 11.8 Å². The summed E-state index contributed by atoms with van der Waals surface area (Å²) in [6.07, 6.45) is 8.44. The second-order valence-electron chi connectivity index (χ2n) is 6.36. The van der Waals surface area contributed by atoms with Crippen LogP contribution in [0.3, 0.4) is 0 Å². The van der Waals surface area contributed by atoms with Crippen molar-refractivity contribution in [1.82, 2.24) is 20.3 Å². The highest BCUT2D eigenvalue weighted by molar-refractivity contribution is 5.97. The lowest BCUT2D eigenvalue weighted by atomic mass is 10.2. The molecule has 0 atom stereocenters. The third-order valence-corrected chi connectivity index (χ3v) is 3.37. The van der Waals surface area contributed by atoms with Crippen LogP contribution in [-0.2, 0) is 4.79 Å². The van der Waals surface area contributed by atoms with E-state index in [1.54, 1.807) is 26.1 Å². The van der Waals surface area contributed by atoms with Gasteiger partial charge in [0.1, 0.15) is 18.6 Å². The Balaban J connectivity index is 1.82. The number of carbonyl (C=O) groups is 1. The number of H-pyrrole nitrogens is 1. The van der Waals surface area contributed by atoms with Crippen molar-refractivity contribution >= 4 is 23.0 Å². The molecule has 2 aromatic rings. The van der Waals surface area contributed by atoms with E-state index in [9.17, 15) is 9.90 Å². The normalized spacial score (nSPS) is 15.3. The van der Waals surface area contributed by atoms with Gasteiger partial charge in [0.25, 0.3) is 0 Å².